The highest BCUT2D eigenvalue weighted by Gasteiger charge is 2.14. The van der Waals surface area contributed by atoms with Gasteiger partial charge in [-0.25, -0.2) is 9.07 Å². The predicted octanol–water partition coefficient (Wildman–Crippen LogP) is 4.16. The molecule has 4 aromatic rings. The normalized spacial score (nSPS) is 11.2. The quantitative estimate of drug-likeness (QED) is 0.527. The van der Waals surface area contributed by atoms with Crippen LogP contribution in [0.4, 0.5) is 4.39 Å². The maximum absolute atomic E-state index is 13.2. The SMILES string of the molecule is CN(C)Cc1cccc(CNC(=O)c2cccc3c2cnn3-c2ccc(F)cc2)c1. The van der Waals surface area contributed by atoms with Gasteiger partial charge in [-0.05, 0) is 61.6 Å². The Balaban J connectivity index is 1.55. The average Bonchev–Trinajstić information content (AvgIpc) is 3.16. The van der Waals surface area contributed by atoms with E-state index in [-0.39, 0.29) is 11.7 Å². The minimum absolute atomic E-state index is 0.155. The van der Waals surface area contributed by atoms with E-state index in [1.807, 2.05) is 38.4 Å². The van der Waals surface area contributed by atoms with Gasteiger partial charge in [-0.3, -0.25) is 4.79 Å². The Morgan fingerprint density at radius 1 is 1.03 bits per heavy atom. The maximum Gasteiger partial charge on any atom is 0.252 e. The molecule has 0 aliphatic heterocycles. The fourth-order valence-electron chi connectivity index (χ4n) is 3.52. The molecule has 30 heavy (non-hydrogen) atoms. The summed E-state index contributed by atoms with van der Waals surface area (Å²) in [6.45, 7) is 1.30. The monoisotopic (exact) mass is 402 g/mol. The lowest BCUT2D eigenvalue weighted by Crippen LogP contribution is -2.23. The van der Waals surface area contributed by atoms with Crippen molar-refractivity contribution in [1.82, 2.24) is 20.0 Å². The van der Waals surface area contributed by atoms with E-state index in [1.54, 1.807) is 29.1 Å². The molecule has 0 saturated heterocycles. The van der Waals surface area contributed by atoms with Gasteiger partial charge < -0.3 is 10.2 Å². The first-order chi connectivity index (χ1) is 14.5. The van der Waals surface area contributed by atoms with Crippen LogP contribution in [-0.2, 0) is 13.1 Å². The summed E-state index contributed by atoms with van der Waals surface area (Å²) in [5.41, 5.74) is 4.35. The Labute approximate surface area is 174 Å². The van der Waals surface area contributed by atoms with Gasteiger partial charge >= 0.3 is 0 Å². The van der Waals surface area contributed by atoms with Crippen molar-refractivity contribution < 1.29 is 9.18 Å². The number of benzene rings is 3. The smallest absolute Gasteiger partial charge is 0.252 e. The van der Waals surface area contributed by atoms with Gasteiger partial charge in [0.25, 0.3) is 5.91 Å². The van der Waals surface area contributed by atoms with E-state index in [9.17, 15) is 9.18 Å². The van der Waals surface area contributed by atoms with E-state index in [0.717, 1.165) is 28.7 Å². The van der Waals surface area contributed by atoms with Crippen LogP contribution in [-0.4, -0.2) is 34.7 Å². The topological polar surface area (TPSA) is 50.2 Å². The van der Waals surface area contributed by atoms with Crippen molar-refractivity contribution in [2.75, 3.05) is 14.1 Å². The molecule has 0 bridgehead atoms. The van der Waals surface area contributed by atoms with Gasteiger partial charge in [0.15, 0.2) is 0 Å². The molecule has 6 heteroatoms. The van der Waals surface area contributed by atoms with Crippen LogP contribution in [0.3, 0.4) is 0 Å². The number of nitrogens with one attached hydrogen (secondary N) is 1. The molecule has 152 valence electrons. The fraction of sp³-hybridized carbons (Fsp3) is 0.167. The van der Waals surface area contributed by atoms with E-state index >= 15 is 0 Å². The van der Waals surface area contributed by atoms with Crippen LogP contribution in [0.5, 0.6) is 0 Å². The summed E-state index contributed by atoms with van der Waals surface area (Å²) in [6.07, 6.45) is 1.67. The number of hydrogen-bond donors (Lipinski definition) is 1. The number of fused-ring (bicyclic) bond motifs is 1. The Morgan fingerprint density at radius 3 is 2.53 bits per heavy atom. The van der Waals surface area contributed by atoms with Gasteiger partial charge in [0.2, 0.25) is 0 Å². The van der Waals surface area contributed by atoms with Crippen molar-refractivity contribution in [3.05, 3.63) is 95.4 Å². The number of rotatable bonds is 6. The highest BCUT2D eigenvalue weighted by molar-refractivity contribution is 6.06. The zero-order valence-electron chi connectivity index (χ0n) is 17.0. The van der Waals surface area contributed by atoms with Crippen LogP contribution in [0.1, 0.15) is 21.5 Å². The van der Waals surface area contributed by atoms with Crippen molar-refractivity contribution in [1.29, 1.82) is 0 Å². The van der Waals surface area contributed by atoms with Crippen LogP contribution in [0.25, 0.3) is 16.6 Å². The standard InChI is InChI=1S/C24H23FN4O/c1-28(2)16-18-6-3-5-17(13-18)14-26-24(30)21-7-4-8-23-22(21)15-27-29(23)20-11-9-19(25)10-12-20/h3-13,15H,14,16H2,1-2H3,(H,26,30). The minimum Gasteiger partial charge on any atom is -0.348 e. The second-order valence-corrected chi connectivity index (χ2v) is 7.51. The number of hydrogen-bond acceptors (Lipinski definition) is 3. The molecule has 4 rings (SSSR count). The lowest BCUT2D eigenvalue weighted by atomic mass is 10.1. The van der Waals surface area contributed by atoms with Crippen molar-refractivity contribution in [2.24, 2.45) is 0 Å². The van der Waals surface area contributed by atoms with E-state index in [2.05, 4.69) is 27.4 Å². The average molecular weight is 402 g/mol. The molecule has 5 nitrogen and oxygen atoms in total. The Hall–Kier alpha value is -3.51. The molecular weight excluding hydrogens is 379 g/mol. The van der Waals surface area contributed by atoms with Gasteiger partial charge in [0, 0.05) is 18.5 Å². The summed E-state index contributed by atoms with van der Waals surface area (Å²) in [7, 11) is 4.06. The van der Waals surface area contributed by atoms with Crippen LogP contribution in [0.2, 0.25) is 0 Å². The third-order valence-electron chi connectivity index (χ3n) is 4.87. The molecule has 1 N–H and O–H groups in total. The van der Waals surface area contributed by atoms with E-state index in [0.29, 0.717) is 12.1 Å². The van der Waals surface area contributed by atoms with E-state index < -0.39 is 0 Å². The molecular formula is C24H23FN4O. The highest BCUT2D eigenvalue weighted by Crippen LogP contribution is 2.22. The van der Waals surface area contributed by atoms with Gasteiger partial charge in [-0.2, -0.15) is 5.10 Å². The third kappa shape index (κ3) is 4.23. The molecule has 0 radical (unpaired) electrons. The first-order valence-corrected chi connectivity index (χ1v) is 9.75. The van der Waals surface area contributed by atoms with Crippen LogP contribution < -0.4 is 5.32 Å². The lowest BCUT2D eigenvalue weighted by molar-refractivity contribution is 0.0952. The molecule has 0 atom stereocenters. The number of amides is 1. The third-order valence-corrected chi connectivity index (χ3v) is 4.87. The summed E-state index contributed by atoms with van der Waals surface area (Å²) >= 11 is 0. The molecule has 0 spiro atoms. The fourth-order valence-corrected chi connectivity index (χ4v) is 3.52. The summed E-state index contributed by atoms with van der Waals surface area (Å²) in [4.78, 5) is 15.0. The van der Waals surface area contributed by atoms with Crippen LogP contribution in [0, 0.1) is 5.82 Å². The lowest BCUT2D eigenvalue weighted by Gasteiger charge is -2.11. The van der Waals surface area contributed by atoms with E-state index in [4.69, 9.17) is 0 Å². The molecule has 0 fully saturated rings. The molecule has 0 aliphatic rings. The Morgan fingerprint density at radius 2 is 1.77 bits per heavy atom. The number of halogens is 1. The molecule has 1 aromatic heterocycles. The molecule has 3 aromatic carbocycles. The van der Waals surface area contributed by atoms with Crippen molar-refractivity contribution >= 4 is 16.8 Å². The van der Waals surface area contributed by atoms with Gasteiger partial charge in [0.05, 0.1) is 23.0 Å². The Bertz CT molecular complexity index is 1180. The van der Waals surface area contributed by atoms with E-state index in [1.165, 1.54) is 17.7 Å². The number of carbonyl (C=O) groups is 1. The van der Waals surface area contributed by atoms with Crippen LogP contribution in [0.15, 0.2) is 72.9 Å². The second-order valence-electron chi connectivity index (χ2n) is 7.51. The van der Waals surface area contributed by atoms with Crippen LogP contribution >= 0.6 is 0 Å². The van der Waals surface area contributed by atoms with Crippen molar-refractivity contribution in [3.63, 3.8) is 0 Å². The summed E-state index contributed by atoms with van der Waals surface area (Å²) in [6, 6.07) is 19.8. The van der Waals surface area contributed by atoms with Crippen molar-refractivity contribution in [2.45, 2.75) is 13.1 Å². The van der Waals surface area contributed by atoms with Gasteiger partial charge in [-0.1, -0.05) is 30.3 Å². The largest absolute Gasteiger partial charge is 0.348 e. The van der Waals surface area contributed by atoms with Gasteiger partial charge in [0.1, 0.15) is 5.82 Å². The highest BCUT2D eigenvalue weighted by atomic mass is 19.1. The predicted molar refractivity (Wildman–Crippen MR) is 116 cm³/mol. The van der Waals surface area contributed by atoms with Crippen molar-refractivity contribution in [3.8, 4) is 5.69 Å². The second kappa shape index (κ2) is 8.47. The zero-order chi connectivity index (χ0) is 21.1. The molecule has 1 amide bonds. The first-order valence-electron chi connectivity index (χ1n) is 9.75. The minimum atomic E-state index is -0.301. The molecule has 0 saturated carbocycles. The van der Waals surface area contributed by atoms with Gasteiger partial charge in [-0.15, -0.1) is 0 Å². The molecule has 0 unspecified atom stereocenters. The Kier molecular flexibility index (Phi) is 5.59. The summed E-state index contributed by atoms with van der Waals surface area (Å²) < 4.78 is 14.9. The maximum atomic E-state index is 13.2. The summed E-state index contributed by atoms with van der Waals surface area (Å²) in [5, 5.41) is 8.16. The number of aromatic nitrogens is 2. The first kappa shape index (κ1) is 19.8. The number of nitrogens with zero attached hydrogens (tertiary/aromatic N) is 3. The molecule has 1 heterocycles. The summed E-state index contributed by atoms with van der Waals surface area (Å²) in [5.74, 6) is -0.456. The molecule has 0 aliphatic carbocycles. The zero-order valence-corrected chi connectivity index (χ0v) is 17.0. The number of carbonyl (C=O) groups excluding carboxylic acids is 1.